The Morgan fingerprint density at radius 1 is 1.23 bits per heavy atom. The summed E-state index contributed by atoms with van der Waals surface area (Å²) < 4.78 is 13.1. The van der Waals surface area contributed by atoms with Crippen molar-refractivity contribution in [2.45, 2.75) is 52.5 Å². The lowest BCUT2D eigenvalue weighted by molar-refractivity contribution is -0.127. The van der Waals surface area contributed by atoms with Gasteiger partial charge in [-0.2, -0.15) is 0 Å². The van der Waals surface area contributed by atoms with Crippen molar-refractivity contribution in [2.75, 3.05) is 23.3 Å². The number of thioether (sulfide) groups is 1. The Labute approximate surface area is 209 Å². The predicted molar refractivity (Wildman–Crippen MR) is 139 cm³/mol. The number of nitrogens with one attached hydrogen (secondary N) is 1. The van der Waals surface area contributed by atoms with E-state index in [9.17, 15) is 18.8 Å². The normalized spacial score (nSPS) is 20.4. The Hall–Kier alpha value is -3.13. The summed E-state index contributed by atoms with van der Waals surface area (Å²) in [6.45, 7) is 11.4. The summed E-state index contributed by atoms with van der Waals surface area (Å²) >= 11 is 0.837. The van der Waals surface area contributed by atoms with E-state index in [1.807, 2.05) is 6.92 Å². The molecule has 35 heavy (non-hydrogen) atoms. The molecule has 2 heterocycles. The third-order valence-electron chi connectivity index (χ3n) is 6.68. The number of imide groups is 1. The number of fused-ring (bicyclic) bond motifs is 1. The molecule has 2 aromatic carbocycles. The first-order valence-corrected chi connectivity index (χ1v) is 12.5. The van der Waals surface area contributed by atoms with Gasteiger partial charge in [0.2, 0.25) is 5.91 Å². The number of benzene rings is 2. The number of rotatable bonds is 5. The number of carbonyl (C=O) groups excluding carboxylic acids is 3. The van der Waals surface area contributed by atoms with Gasteiger partial charge in [-0.3, -0.25) is 19.3 Å². The molecule has 0 aromatic heterocycles. The van der Waals surface area contributed by atoms with Crippen molar-refractivity contribution in [2.24, 2.45) is 0 Å². The average molecular weight is 496 g/mol. The third kappa shape index (κ3) is 4.98. The molecule has 8 heteroatoms. The second kappa shape index (κ2) is 9.49. The highest BCUT2D eigenvalue weighted by Crippen LogP contribution is 2.45. The van der Waals surface area contributed by atoms with Gasteiger partial charge in [-0.25, -0.2) is 4.39 Å². The fraction of sp³-hybridized carbons (Fsp3) is 0.370. The molecule has 0 aliphatic carbocycles. The topological polar surface area (TPSA) is 69.7 Å². The van der Waals surface area contributed by atoms with Crippen LogP contribution in [-0.2, 0) is 9.59 Å². The number of halogens is 1. The number of hydrogen-bond donors (Lipinski definition) is 1. The minimum Gasteiger partial charge on any atom is -0.366 e. The number of hydrogen-bond acceptors (Lipinski definition) is 5. The van der Waals surface area contributed by atoms with Crippen LogP contribution in [0.5, 0.6) is 0 Å². The third-order valence-corrected chi connectivity index (χ3v) is 7.59. The molecule has 3 amide bonds. The van der Waals surface area contributed by atoms with Gasteiger partial charge < -0.3 is 10.2 Å². The maximum absolute atomic E-state index is 13.1. The fourth-order valence-corrected chi connectivity index (χ4v) is 5.89. The van der Waals surface area contributed by atoms with Gasteiger partial charge in [0.15, 0.2) is 0 Å². The summed E-state index contributed by atoms with van der Waals surface area (Å²) in [4.78, 5) is 41.6. The van der Waals surface area contributed by atoms with Gasteiger partial charge in [-0.15, -0.1) is 0 Å². The van der Waals surface area contributed by atoms with E-state index in [2.05, 4.69) is 50.0 Å². The number of carbonyl (C=O) groups is 3. The molecular weight excluding hydrogens is 465 g/mol. The van der Waals surface area contributed by atoms with Gasteiger partial charge in [-0.05, 0) is 111 Å². The number of amides is 3. The van der Waals surface area contributed by atoms with Crippen molar-refractivity contribution < 1.29 is 18.8 Å². The van der Waals surface area contributed by atoms with E-state index in [1.54, 1.807) is 6.08 Å². The van der Waals surface area contributed by atoms with Crippen LogP contribution in [0.1, 0.15) is 56.7 Å². The van der Waals surface area contributed by atoms with Crippen LogP contribution < -0.4 is 10.2 Å². The molecule has 1 N–H and O–H groups in total. The van der Waals surface area contributed by atoms with E-state index in [1.165, 1.54) is 35.5 Å². The molecule has 0 radical (unpaired) electrons. The van der Waals surface area contributed by atoms with Crippen molar-refractivity contribution in [1.29, 1.82) is 0 Å². The predicted octanol–water partition coefficient (Wildman–Crippen LogP) is 5.92. The Kier molecular flexibility index (Phi) is 6.77. The quantitative estimate of drug-likeness (QED) is 0.522. The number of aryl methyl sites for hydroxylation is 1. The van der Waals surface area contributed by atoms with Gasteiger partial charge in [0.1, 0.15) is 12.4 Å². The summed E-state index contributed by atoms with van der Waals surface area (Å²) in [6.07, 6.45) is 2.77. The van der Waals surface area contributed by atoms with Crippen molar-refractivity contribution >= 4 is 46.3 Å². The molecule has 0 bridgehead atoms. The zero-order valence-corrected chi connectivity index (χ0v) is 21.5. The van der Waals surface area contributed by atoms with E-state index in [-0.39, 0.29) is 5.54 Å². The van der Waals surface area contributed by atoms with E-state index >= 15 is 0 Å². The number of nitrogens with zero attached hydrogens (tertiary/aromatic N) is 2. The second-order valence-electron chi connectivity index (χ2n) is 9.75. The van der Waals surface area contributed by atoms with Crippen LogP contribution in [0.15, 0.2) is 41.3 Å². The zero-order valence-electron chi connectivity index (χ0n) is 20.6. The number of anilines is 2. The van der Waals surface area contributed by atoms with Gasteiger partial charge in [0.05, 0.1) is 4.91 Å². The molecule has 2 aliphatic heterocycles. The van der Waals surface area contributed by atoms with Crippen LogP contribution in [0.3, 0.4) is 0 Å². The minimum atomic E-state index is -0.527. The van der Waals surface area contributed by atoms with Crippen molar-refractivity contribution in [1.82, 2.24) is 4.90 Å². The molecule has 0 unspecified atom stereocenters. The fourth-order valence-electron chi connectivity index (χ4n) is 5.06. The molecule has 6 nitrogen and oxygen atoms in total. The van der Waals surface area contributed by atoms with Crippen LogP contribution in [0.4, 0.5) is 20.6 Å². The molecule has 0 spiro atoms. The molecule has 1 fully saturated rings. The van der Waals surface area contributed by atoms with E-state index < -0.39 is 29.4 Å². The first kappa shape index (κ1) is 25.0. The maximum atomic E-state index is 13.1. The second-order valence-corrected chi connectivity index (χ2v) is 10.7. The standard InChI is InChI=1S/C27H30FN3O3S/c1-6-31-22-11-16(2)18(12-21(22)17(3)14-27(31,4)5)13-23-25(33)30(26(34)35-23)15-24(32)29-20-9-7-19(28)8-10-20/h7-13,17H,6,14-15H2,1-5H3,(H,29,32)/b23-13-/t17-/m0/s1. The van der Waals surface area contributed by atoms with Crippen LogP contribution in [-0.4, -0.2) is 40.6 Å². The molecule has 1 saturated heterocycles. The van der Waals surface area contributed by atoms with Crippen molar-refractivity contribution in [3.63, 3.8) is 0 Å². The van der Waals surface area contributed by atoms with Crippen LogP contribution in [0, 0.1) is 12.7 Å². The summed E-state index contributed by atoms with van der Waals surface area (Å²) in [5.74, 6) is -1.07. The van der Waals surface area contributed by atoms with E-state index in [0.29, 0.717) is 16.5 Å². The smallest absolute Gasteiger partial charge is 0.294 e. The summed E-state index contributed by atoms with van der Waals surface area (Å²) in [5, 5.41) is 2.09. The van der Waals surface area contributed by atoms with Gasteiger partial charge in [0.25, 0.3) is 11.1 Å². The van der Waals surface area contributed by atoms with E-state index in [0.717, 1.165) is 40.8 Å². The van der Waals surface area contributed by atoms with Crippen LogP contribution in [0.25, 0.3) is 6.08 Å². The molecule has 2 aliphatic rings. The lowest BCUT2D eigenvalue weighted by atomic mass is 9.79. The Morgan fingerprint density at radius 2 is 1.91 bits per heavy atom. The summed E-state index contributed by atoms with van der Waals surface area (Å²) in [5.41, 5.74) is 4.83. The molecular formula is C27H30FN3O3S. The lowest BCUT2D eigenvalue weighted by Gasteiger charge is -2.47. The first-order valence-electron chi connectivity index (χ1n) is 11.7. The van der Waals surface area contributed by atoms with Crippen LogP contribution in [0.2, 0.25) is 0 Å². The highest BCUT2D eigenvalue weighted by molar-refractivity contribution is 8.18. The lowest BCUT2D eigenvalue weighted by Crippen LogP contribution is -2.48. The highest BCUT2D eigenvalue weighted by Gasteiger charge is 2.38. The van der Waals surface area contributed by atoms with Gasteiger partial charge >= 0.3 is 0 Å². The Morgan fingerprint density at radius 3 is 2.57 bits per heavy atom. The SMILES string of the molecule is CCN1c2cc(C)c(/C=C3\SC(=O)N(CC(=O)Nc4ccc(F)cc4)C3=O)cc2[C@@H](C)CC1(C)C. The van der Waals surface area contributed by atoms with Gasteiger partial charge in [-0.1, -0.05) is 6.92 Å². The minimum absolute atomic E-state index is 0.0618. The molecule has 4 rings (SSSR count). The molecule has 2 aromatic rings. The Bertz CT molecular complexity index is 1220. The zero-order chi connectivity index (χ0) is 25.5. The summed E-state index contributed by atoms with van der Waals surface area (Å²) in [6, 6.07) is 9.58. The van der Waals surface area contributed by atoms with Crippen molar-refractivity contribution in [3.05, 3.63) is 63.8 Å². The van der Waals surface area contributed by atoms with Gasteiger partial charge in [0, 0.05) is 23.5 Å². The summed E-state index contributed by atoms with van der Waals surface area (Å²) in [7, 11) is 0. The van der Waals surface area contributed by atoms with E-state index in [4.69, 9.17) is 0 Å². The Balaban J connectivity index is 1.55. The average Bonchev–Trinajstić information content (AvgIpc) is 3.03. The maximum Gasteiger partial charge on any atom is 0.294 e. The molecule has 0 saturated carbocycles. The monoisotopic (exact) mass is 495 g/mol. The molecule has 184 valence electrons. The van der Waals surface area contributed by atoms with Crippen LogP contribution >= 0.6 is 11.8 Å². The highest BCUT2D eigenvalue weighted by atomic mass is 32.2. The van der Waals surface area contributed by atoms with Crippen molar-refractivity contribution in [3.8, 4) is 0 Å². The largest absolute Gasteiger partial charge is 0.366 e. The first-order chi connectivity index (χ1) is 16.5. The molecule has 1 atom stereocenters.